The van der Waals surface area contributed by atoms with Crippen molar-refractivity contribution < 1.29 is 5.11 Å². The molecule has 0 saturated heterocycles. The molecular weight excluding hydrogens is 196 g/mol. The van der Waals surface area contributed by atoms with Gasteiger partial charge < -0.3 is 5.11 Å². The molecule has 0 heterocycles. The van der Waals surface area contributed by atoms with Gasteiger partial charge in [-0.1, -0.05) is 41.0 Å². The molecule has 0 amide bonds. The van der Waals surface area contributed by atoms with Crippen molar-refractivity contribution >= 4 is 0 Å². The van der Waals surface area contributed by atoms with Gasteiger partial charge in [-0.05, 0) is 47.3 Å². The standard InChI is InChI=1S/C15H28O/c1-13(2)7-6-8-15(5)9-11(10-16)14(3,4)12(13)15/h11-12,16H,6-10H2,1-5H3/t11-,12+,15+/m1/s1. The molecule has 2 aliphatic carbocycles. The molecule has 0 radical (unpaired) electrons. The molecular formula is C15H28O. The molecule has 1 heteroatoms. The van der Waals surface area contributed by atoms with Crippen LogP contribution < -0.4 is 0 Å². The van der Waals surface area contributed by atoms with Gasteiger partial charge in [-0.25, -0.2) is 0 Å². The van der Waals surface area contributed by atoms with E-state index in [-0.39, 0.29) is 0 Å². The maximum Gasteiger partial charge on any atom is 0.0464 e. The molecule has 2 saturated carbocycles. The third-order valence-electron chi connectivity index (χ3n) is 5.78. The van der Waals surface area contributed by atoms with Crippen LogP contribution in [-0.4, -0.2) is 11.7 Å². The summed E-state index contributed by atoms with van der Waals surface area (Å²) in [6.45, 7) is 12.5. The van der Waals surface area contributed by atoms with E-state index in [2.05, 4.69) is 34.6 Å². The van der Waals surface area contributed by atoms with E-state index in [4.69, 9.17) is 0 Å². The molecule has 0 aromatic heterocycles. The molecule has 0 unspecified atom stereocenters. The van der Waals surface area contributed by atoms with Crippen LogP contribution in [-0.2, 0) is 0 Å². The Morgan fingerprint density at radius 2 is 1.69 bits per heavy atom. The first-order valence-corrected chi connectivity index (χ1v) is 6.85. The van der Waals surface area contributed by atoms with Crippen LogP contribution in [0, 0.1) is 28.1 Å². The number of hydrogen-bond acceptors (Lipinski definition) is 1. The predicted molar refractivity (Wildman–Crippen MR) is 68.2 cm³/mol. The third-order valence-corrected chi connectivity index (χ3v) is 5.78. The highest BCUT2D eigenvalue weighted by Gasteiger charge is 2.60. The molecule has 0 bridgehead atoms. The minimum atomic E-state index is 0.299. The lowest BCUT2D eigenvalue weighted by Gasteiger charge is -2.52. The van der Waals surface area contributed by atoms with Gasteiger partial charge in [0.25, 0.3) is 0 Å². The minimum Gasteiger partial charge on any atom is -0.396 e. The van der Waals surface area contributed by atoms with Gasteiger partial charge in [-0.15, -0.1) is 0 Å². The molecule has 3 atom stereocenters. The Morgan fingerprint density at radius 1 is 1.06 bits per heavy atom. The van der Waals surface area contributed by atoms with Crippen LogP contribution in [0.25, 0.3) is 0 Å². The Hall–Kier alpha value is -0.0400. The number of fused-ring (bicyclic) bond motifs is 1. The van der Waals surface area contributed by atoms with Gasteiger partial charge in [-0.3, -0.25) is 0 Å². The Kier molecular flexibility index (Phi) is 2.70. The van der Waals surface area contributed by atoms with Crippen molar-refractivity contribution in [3.05, 3.63) is 0 Å². The van der Waals surface area contributed by atoms with Crippen molar-refractivity contribution in [3.8, 4) is 0 Å². The topological polar surface area (TPSA) is 20.2 Å². The summed E-state index contributed by atoms with van der Waals surface area (Å²) in [6, 6.07) is 0. The van der Waals surface area contributed by atoms with E-state index in [1.54, 1.807) is 0 Å². The van der Waals surface area contributed by atoms with Crippen LogP contribution in [0.15, 0.2) is 0 Å². The van der Waals surface area contributed by atoms with Crippen molar-refractivity contribution in [3.63, 3.8) is 0 Å². The van der Waals surface area contributed by atoms with E-state index in [1.165, 1.54) is 25.7 Å². The Bertz CT molecular complexity index is 274. The van der Waals surface area contributed by atoms with E-state index in [0.29, 0.717) is 28.8 Å². The summed E-state index contributed by atoms with van der Waals surface area (Å²) >= 11 is 0. The van der Waals surface area contributed by atoms with Crippen molar-refractivity contribution in [1.82, 2.24) is 0 Å². The number of rotatable bonds is 1. The fraction of sp³-hybridized carbons (Fsp3) is 1.00. The van der Waals surface area contributed by atoms with Gasteiger partial charge in [0.15, 0.2) is 0 Å². The highest BCUT2D eigenvalue weighted by molar-refractivity contribution is 5.09. The van der Waals surface area contributed by atoms with Gasteiger partial charge in [-0.2, -0.15) is 0 Å². The molecule has 0 aromatic rings. The highest BCUT2D eigenvalue weighted by atomic mass is 16.3. The smallest absolute Gasteiger partial charge is 0.0464 e. The molecule has 94 valence electrons. The van der Waals surface area contributed by atoms with Crippen LogP contribution in [0.4, 0.5) is 0 Å². The highest BCUT2D eigenvalue weighted by Crippen LogP contribution is 2.67. The van der Waals surface area contributed by atoms with Crippen molar-refractivity contribution in [2.24, 2.45) is 28.1 Å². The molecule has 0 aromatic carbocycles. The summed E-state index contributed by atoms with van der Waals surface area (Å²) in [4.78, 5) is 0. The van der Waals surface area contributed by atoms with Crippen molar-refractivity contribution in [2.45, 2.75) is 60.3 Å². The molecule has 0 spiro atoms. The van der Waals surface area contributed by atoms with Gasteiger partial charge >= 0.3 is 0 Å². The molecule has 16 heavy (non-hydrogen) atoms. The SMILES string of the molecule is CC1(C)CCC[C@@]2(C)C[C@H](CO)C(C)(C)[C@H]12. The van der Waals surface area contributed by atoms with E-state index in [9.17, 15) is 5.11 Å². The Morgan fingerprint density at radius 3 is 2.19 bits per heavy atom. The molecule has 1 nitrogen and oxygen atoms in total. The van der Waals surface area contributed by atoms with Crippen LogP contribution in [0.1, 0.15) is 60.3 Å². The molecule has 2 fully saturated rings. The molecule has 1 N–H and O–H groups in total. The summed E-state index contributed by atoms with van der Waals surface area (Å²) in [5, 5.41) is 9.63. The molecule has 0 aliphatic heterocycles. The Balaban J connectivity index is 2.41. The van der Waals surface area contributed by atoms with Gasteiger partial charge in [0.05, 0.1) is 0 Å². The Labute approximate surface area is 101 Å². The fourth-order valence-electron chi connectivity index (χ4n) is 5.67. The maximum atomic E-state index is 9.63. The quantitative estimate of drug-likeness (QED) is 0.717. The summed E-state index contributed by atoms with van der Waals surface area (Å²) in [5.74, 6) is 1.26. The summed E-state index contributed by atoms with van der Waals surface area (Å²) in [7, 11) is 0. The van der Waals surface area contributed by atoms with Crippen LogP contribution >= 0.6 is 0 Å². The van der Waals surface area contributed by atoms with E-state index in [1.807, 2.05) is 0 Å². The molecule has 2 aliphatic rings. The van der Waals surface area contributed by atoms with E-state index < -0.39 is 0 Å². The average molecular weight is 224 g/mol. The van der Waals surface area contributed by atoms with Crippen LogP contribution in [0.3, 0.4) is 0 Å². The summed E-state index contributed by atoms with van der Waals surface area (Å²) in [6.07, 6.45) is 5.31. The summed E-state index contributed by atoms with van der Waals surface area (Å²) < 4.78 is 0. The third kappa shape index (κ3) is 1.54. The van der Waals surface area contributed by atoms with Crippen LogP contribution in [0.2, 0.25) is 0 Å². The average Bonchev–Trinajstić information content (AvgIpc) is 2.32. The monoisotopic (exact) mass is 224 g/mol. The number of aliphatic hydroxyl groups excluding tert-OH is 1. The maximum absolute atomic E-state index is 9.63. The zero-order chi connectivity index (χ0) is 12.2. The number of hydrogen-bond donors (Lipinski definition) is 1. The lowest BCUT2D eigenvalue weighted by Crippen LogP contribution is -2.45. The van der Waals surface area contributed by atoms with Gasteiger partial charge in [0.2, 0.25) is 0 Å². The fourth-order valence-corrected chi connectivity index (χ4v) is 5.67. The second-order valence-corrected chi connectivity index (χ2v) is 7.83. The minimum absolute atomic E-state index is 0.299. The first-order valence-electron chi connectivity index (χ1n) is 6.85. The normalized spacial score (nSPS) is 45.4. The van der Waals surface area contributed by atoms with Crippen molar-refractivity contribution in [2.75, 3.05) is 6.61 Å². The number of aliphatic hydroxyl groups is 1. The lowest BCUT2D eigenvalue weighted by atomic mass is 9.53. The first kappa shape index (κ1) is 12.4. The second kappa shape index (κ2) is 3.48. The predicted octanol–water partition coefficient (Wildman–Crippen LogP) is 3.86. The van der Waals surface area contributed by atoms with Crippen molar-refractivity contribution in [1.29, 1.82) is 0 Å². The largest absolute Gasteiger partial charge is 0.396 e. The molecule has 2 rings (SSSR count). The zero-order valence-corrected chi connectivity index (χ0v) is 11.6. The summed E-state index contributed by atoms with van der Waals surface area (Å²) in [5.41, 5.74) is 1.21. The van der Waals surface area contributed by atoms with Gasteiger partial charge in [0, 0.05) is 6.61 Å². The van der Waals surface area contributed by atoms with E-state index >= 15 is 0 Å². The lowest BCUT2D eigenvalue weighted by molar-refractivity contribution is -0.0354. The van der Waals surface area contributed by atoms with E-state index in [0.717, 1.165) is 5.92 Å². The van der Waals surface area contributed by atoms with Crippen LogP contribution in [0.5, 0.6) is 0 Å². The zero-order valence-electron chi connectivity index (χ0n) is 11.6. The second-order valence-electron chi connectivity index (χ2n) is 7.83. The van der Waals surface area contributed by atoms with Gasteiger partial charge in [0.1, 0.15) is 0 Å². The first-order chi connectivity index (χ1) is 7.24.